The molecule has 102 valence electrons. The summed E-state index contributed by atoms with van der Waals surface area (Å²) >= 11 is 0. The van der Waals surface area contributed by atoms with Crippen molar-refractivity contribution in [2.45, 2.75) is 19.3 Å². The van der Waals surface area contributed by atoms with E-state index in [0.717, 1.165) is 19.3 Å². The monoisotopic (exact) mass is 262 g/mol. The lowest BCUT2D eigenvalue weighted by Crippen LogP contribution is -2.51. The lowest BCUT2D eigenvalue weighted by Gasteiger charge is -2.41. The summed E-state index contributed by atoms with van der Waals surface area (Å²) in [5, 5.41) is 8.84. The van der Waals surface area contributed by atoms with Crippen LogP contribution in [0.15, 0.2) is 24.3 Å². The third-order valence-corrected chi connectivity index (χ3v) is 3.96. The van der Waals surface area contributed by atoms with Crippen molar-refractivity contribution in [2.24, 2.45) is 11.1 Å². The molecule has 0 saturated heterocycles. The molecule has 1 aliphatic carbocycles. The van der Waals surface area contributed by atoms with Gasteiger partial charge in [-0.05, 0) is 37.1 Å². The number of carbonyl (C=O) groups excluding carboxylic acids is 1. The van der Waals surface area contributed by atoms with Crippen LogP contribution in [0.5, 0.6) is 0 Å². The molecule has 1 aliphatic rings. The molecular weight excluding hydrogens is 244 g/mol. The van der Waals surface area contributed by atoms with E-state index in [2.05, 4.69) is 0 Å². The molecule has 0 radical (unpaired) electrons. The molecule has 0 aliphatic heterocycles. The second-order valence-electron chi connectivity index (χ2n) is 5.05. The number of nitrogens with zero attached hydrogens (tertiary/aromatic N) is 1. The number of benzene rings is 1. The fraction of sp³-hybridized carbons (Fsp3) is 0.429. The first-order valence-electron chi connectivity index (χ1n) is 6.32. The van der Waals surface area contributed by atoms with E-state index in [-0.39, 0.29) is 11.5 Å². The van der Waals surface area contributed by atoms with Gasteiger partial charge in [-0.1, -0.05) is 6.42 Å². The largest absolute Gasteiger partial charge is 0.478 e. The number of amides is 1. The minimum atomic E-state index is -0.974. The summed E-state index contributed by atoms with van der Waals surface area (Å²) in [5.74, 6) is -0.956. The Labute approximate surface area is 112 Å². The van der Waals surface area contributed by atoms with Crippen molar-refractivity contribution in [1.82, 2.24) is 0 Å². The number of nitrogens with two attached hydrogens (primary N) is 1. The molecule has 3 N–H and O–H groups in total. The van der Waals surface area contributed by atoms with Crippen LogP contribution in [-0.2, 0) is 4.79 Å². The number of rotatable bonds is 4. The van der Waals surface area contributed by atoms with Gasteiger partial charge in [-0.3, -0.25) is 4.79 Å². The van der Waals surface area contributed by atoms with Gasteiger partial charge in [0, 0.05) is 19.3 Å². The van der Waals surface area contributed by atoms with Crippen LogP contribution in [0, 0.1) is 5.41 Å². The van der Waals surface area contributed by atoms with Gasteiger partial charge >= 0.3 is 5.97 Å². The number of carboxylic acid groups (broad SMARTS) is 1. The Balaban J connectivity index is 2.17. The molecule has 0 atom stereocenters. The van der Waals surface area contributed by atoms with Gasteiger partial charge in [0.05, 0.1) is 11.0 Å². The Morgan fingerprint density at radius 2 is 1.89 bits per heavy atom. The number of hydrogen-bond donors (Lipinski definition) is 2. The minimum Gasteiger partial charge on any atom is -0.478 e. The lowest BCUT2D eigenvalue weighted by atomic mass is 9.68. The molecule has 1 fully saturated rings. The normalized spacial score (nSPS) is 16.5. The highest BCUT2D eigenvalue weighted by atomic mass is 16.4. The minimum absolute atomic E-state index is 0.0179. The molecule has 1 saturated carbocycles. The predicted molar refractivity (Wildman–Crippen MR) is 72.1 cm³/mol. The Bertz CT molecular complexity index is 486. The molecule has 19 heavy (non-hydrogen) atoms. The van der Waals surface area contributed by atoms with Gasteiger partial charge in [-0.2, -0.15) is 0 Å². The summed E-state index contributed by atoms with van der Waals surface area (Å²) < 4.78 is 0. The van der Waals surface area contributed by atoms with Gasteiger partial charge in [-0.25, -0.2) is 4.79 Å². The molecule has 1 aromatic carbocycles. The average molecular weight is 262 g/mol. The summed E-state index contributed by atoms with van der Waals surface area (Å²) in [6.45, 7) is 0.364. The average Bonchev–Trinajstić information content (AvgIpc) is 2.37. The van der Waals surface area contributed by atoms with Crippen LogP contribution in [0.3, 0.4) is 0 Å². The standard InChI is InChI=1S/C14H18N2O3/c1-16(13(19)14(9-15)7-2-8-14)11-5-3-10(4-6-11)12(17)18/h3-6H,2,7-9,15H2,1H3,(H,17,18). The summed E-state index contributed by atoms with van der Waals surface area (Å²) in [6, 6.07) is 6.28. The number of anilines is 1. The SMILES string of the molecule is CN(C(=O)C1(CN)CCC1)c1ccc(C(=O)O)cc1. The number of aromatic carboxylic acids is 1. The summed E-state index contributed by atoms with van der Waals surface area (Å²) in [7, 11) is 1.70. The van der Waals surface area contributed by atoms with Crippen LogP contribution in [0.4, 0.5) is 5.69 Å². The Morgan fingerprint density at radius 3 is 2.26 bits per heavy atom. The van der Waals surface area contributed by atoms with Gasteiger partial charge in [0.2, 0.25) is 5.91 Å². The molecule has 1 amide bonds. The summed E-state index contributed by atoms with van der Waals surface area (Å²) in [5.41, 5.74) is 6.21. The Morgan fingerprint density at radius 1 is 1.32 bits per heavy atom. The summed E-state index contributed by atoms with van der Waals surface area (Å²) in [4.78, 5) is 24.8. The predicted octanol–water partition coefficient (Wildman–Crippen LogP) is 1.48. The van der Waals surface area contributed by atoms with Crippen molar-refractivity contribution >= 4 is 17.6 Å². The van der Waals surface area contributed by atoms with Crippen molar-refractivity contribution < 1.29 is 14.7 Å². The van der Waals surface area contributed by atoms with Crippen molar-refractivity contribution in [1.29, 1.82) is 0 Å². The maximum absolute atomic E-state index is 12.4. The maximum Gasteiger partial charge on any atom is 0.335 e. The molecule has 2 rings (SSSR count). The highest BCUT2D eigenvalue weighted by molar-refractivity contribution is 5.98. The number of carbonyl (C=O) groups is 2. The van der Waals surface area contributed by atoms with Crippen LogP contribution < -0.4 is 10.6 Å². The van der Waals surface area contributed by atoms with E-state index in [0.29, 0.717) is 12.2 Å². The summed E-state index contributed by atoms with van der Waals surface area (Å²) in [6.07, 6.45) is 2.70. The van der Waals surface area contributed by atoms with Gasteiger partial charge < -0.3 is 15.7 Å². The molecule has 0 heterocycles. The first kappa shape index (κ1) is 13.5. The van der Waals surface area contributed by atoms with Gasteiger partial charge in [0.25, 0.3) is 0 Å². The van der Waals surface area contributed by atoms with Crippen LogP contribution in [-0.4, -0.2) is 30.6 Å². The van der Waals surface area contributed by atoms with Crippen molar-refractivity contribution in [3.8, 4) is 0 Å². The highest BCUT2D eigenvalue weighted by Crippen LogP contribution is 2.42. The smallest absolute Gasteiger partial charge is 0.335 e. The molecule has 1 aromatic rings. The molecular formula is C14H18N2O3. The van der Waals surface area contributed by atoms with E-state index < -0.39 is 11.4 Å². The molecule has 0 unspecified atom stereocenters. The van der Waals surface area contributed by atoms with E-state index in [9.17, 15) is 9.59 Å². The Hall–Kier alpha value is -1.88. The zero-order valence-corrected chi connectivity index (χ0v) is 10.9. The first-order valence-corrected chi connectivity index (χ1v) is 6.32. The number of carboxylic acids is 1. The van der Waals surface area contributed by atoms with Crippen molar-refractivity contribution in [3.05, 3.63) is 29.8 Å². The third kappa shape index (κ3) is 2.33. The molecule has 0 spiro atoms. The van der Waals surface area contributed by atoms with Gasteiger partial charge in [-0.15, -0.1) is 0 Å². The van der Waals surface area contributed by atoms with E-state index >= 15 is 0 Å². The van der Waals surface area contributed by atoms with Crippen LogP contribution in [0.1, 0.15) is 29.6 Å². The van der Waals surface area contributed by atoms with E-state index in [1.165, 1.54) is 12.1 Å². The third-order valence-electron chi connectivity index (χ3n) is 3.96. The fourth-order valence-electron chi connectivity index (χ4n) is 2.41. The second-order valence-corrected chi connectivity index (χ2v) is 5.05. The Kier molecular flexibility index (Phi) is 3.57. The maximum atomic E-state index is 12.4. The van der Waals surface area contributed by atoms with Gasteiger partial charge in [0.1, 0.15) is 0 Å². The van der Waals surface area contributed by atoms with Crippen molar-refractivity contribution in [2.75, 3.05) is 18.5 Å². The van der Waals surface area contributed by atoms with Crippen LogP contribution in [0.2, 0.25) is 0 Å². The van der Waals surface area contributed by atoms with Crippen LogP contribution in [0.25, 0.3) is 0 Å². The van der Waals surface area contributed by atoms with E-state index in [4.69, 9.17) is 10.8 Å². The lowest BCUT2D eigenvalue weighted by molar-refractivity contribution is -0.131. The van der Waals surface area contributed by atoms with E-state index in [1.807, 2.05) is 0 Å². The van der Waals surface area contributed by atoms with E-state index in [1.54, 1.807) is 24.1 Å². The highest BCUT2D eigenvalue weighted by Gasteiger charge is 2.44. The molecule has 5 nitrogen and oxygen atoms in total. The zero-order chi connectivity index (χ0) is 14.0. The molecule has 0 bridgehead atoms. The zero-order valence-electron chi connectivity index (χ0n) is 10.9. The van der Waals surface area contributed by atoms with Gasteiger partial charge in [0.15, 0.2) is 0 Å². The fourth-order valence-corrected chi connectivity index (χ4v) is 2.41. The number of hydrogen-bond acceptors (Lipinski definition) is 3. The quantitative estimate of drug-likeness (QED) is 0.860. The topological polar surface area (TPSA) is 83.6 Å². The van der Waals surface area contributed by atoms with Crippen LogP contribution >= 0.6 is 0 Å². The first-order chi connectivity index (χ1) is 9.00. The van der Waals surface area contributed by atoms with Crippen molar-refractivity contribution in [3.63, 3.8) is 0 Å². The molecule has 5 heteroatoms. The molecule has 0 aromatic heterocycles. The second kappa shape index (κ2) is 5.01.